The van der Waals surface area contributed by atoms with Crippen LogP contribution in [0.25, 0.3) is 11.1 Å². The van der Waals surface area contributed by atoms with Crippen LogP contribution in [0, 0.1) is 17.8 Å². The maximum absolute atomic E-state index is 13.5. The van der Waals surface area contributed by atoms with Gasteiger partial charge in [-0.1, -0.05) is 11.8 Å². The van der Waals surface area contributed by atoms with Crippen LogP contribution in [0.4, 0.5) is 14.5 Å². The summed E-state index contributed by atoms with van der Waals surface area (Å²) in [6, 6.07) is 5.92. The van der Waals surface area contributed by atoms with Gasteiger partial charge in [0, 0.05) is 29.7 Å². The maximum Gasteiger partial charge on any atom is 0.280 e. The molecule has 1 unspecified atom stereocenters. The van der Waals surface area contributed by atoms with E-state index in [0.717, 1.165) is 12.8 Å². The van der Waals surface area contributed by atoms with E-state index in [1.54, 1.807) is 37.5 Å². The molecular formula is C25H25F2N7O2S. The Hall–Kier alpha value is -4.11. The molecule has 1 amide bonds. The lowest BCUT2D eigenvalue weighted by Gasteiger charge is -2.15. The van der Waals surface area contributed by atoms with Gasteiger partial charge in [0.05, 0.1) is 19.0 Å². The van der Waals surface area contributed by atoms with Gasteiger partial charge < -0.3 is 15.8 Å². The van der Waals surface area contributed by atoms with E-state index in [4.69, 9.17) is 10.5 Å². The van der Waals surface area contributed by atoms with Crippen molar-refractivity contribution in [1.29, 1.82) is 0 Å². The number of hydrogen-bond donors (Lipinski definition) is 4. The average molecular weight is 526 g/mol. The summed E-state index contributed by atoms with van der Waals surface area (Å²) in [5.41, 5.74) is 9.55. The summed E-state index contributed by atoms with van der Waals surface area (Å²) in [7, 11) is 3.11. The van der Waals surface area contributed by atoms with Gasteiger partial charge in [-0.05, 0) is 61.1 Å². The number of carbonyl (C=O) groups excluding carboxylic acids is 1. The summed E-state index contributed by atoms with van der Waals surface area (Å²) < 4.78 is 32.3. The van der Waals surface area contributed by atoms with Gasteiger partial charge in [0.1, 0.15) is 17.3 Å². The van der Waals surface area contributed by atoms with Crippen LogP contribution < -0.4 is 26.5 Å². The molecule has 37 heavy (non-hydrogen) atoms. The van der Waals surface area contributed by atoms with Gasteiger partial charge in [0.25, 0.3) is 12.3 Å². The molecule has 2 heterocycles. The molecule has 0 saturated heterocycles. The molecule has 1 saturated carbocycles. The summed E-state index contributed by atoms with van der Waals surface area (Å²) in [5.74, 6) is 6.64. The number of amides is 1. The number of methoxy groups -OCH3 is 1. The molecule has 0 spiro atoms. The van der Waals surface area contributed by atoms with Crippen molar-refractivity contribution in [2.24, 2.45) is 21.7 Å². The number of hydrogen-bond acceptors (Lipinski definition) is 8. The molecule has 0 radical (unpaired) electrons. The average Bonchev–Trinajstić information content (AvgIpc) is 3.63. The smallest absolute Gasteiger partial charge is 0.280 e. The van der Waals surface area contributed by atoms with Crippen LogP contribution in [0.2, 0.25) is 0 Å². The van der Waals surface area contributed by atoms with Gasteiger partial charge in [0.15, 0.2) is 10.5 Å². The lowest BCUT2D eigenvalue weighted by Crippen LogP contribution is -2.28. The fourth-order valence-electron chi connectivity index (χ4n) is 3.32. The van der Waals surface area contributed by atoms with Crippen LogP contribution in [0.1, 0.15) is 35.3 Å². The predicted octanol–water partition coefficient (Wildman–Crippen LogP) is 3.49. The third kappa shape index (κ3) is 6.77. The van der Waals surface area contributed by atoms with Crippen molar-refractivity contribution in [3.05, 3.63) is 54.0 Å². The number of aromatic nitrogens is 1. The van der Waals surface area contributed by atoms with E-state index in [0.29, 0.717) is 22.3 Å². The number of pyridine rings is 1. The molecule has 1 aliphatic heterocycles. The SMILES string of the molecule is CN/C=C\C(N)=Nc1ccc(C(=O)NC2=NNC(C#CC3CC3)S2)c(-c2cc(C(F)F)ncc2OC)c1. The third-order valence-electron chi connectivity index (χ3n) is 5.28. The van der Waals surface area contributed by atoms with E-state index in [9.17, 15) is 13.6 Å². The quantitative estimate of drug-likeness (QED) is 0.248. The van der Waals surface area contributed by atoms with Crippen molar-refractivity contribution in [3.8, 4) is 28.7 Å². The summed E-state index contributed by atoms with van der Waals surface area (Å²) in [6.45, 7) is 0. The monoisotopic (exact) mass is 525 g/mol. The summed E-state index contributed by atoms with van der Waals surface area (Å²) in [6.07, 6.45) is 3.78. The minimum atomic E-state index is -2.81. The van der Waals surface area contributed by atoms with Crippen molar-refractivity contribution < 1.29 is 18.3 Å². The van der Waals surface area contributed by atoms with Crippen LogP contribution in [0.15, 0.2) is 52.8 Å². The zero-order valence-corrected chi connectivity index (χ0v) is 20.9. The Kier molecular flexibility index (Phi) is 8.25. The second kappa shape index (κ2) is 11.7. The van der Waals surface area contributed by atoms with E-state index in [-0.39, 0.29) is 28.1 Å². The Bertz CT molecular complexity index is 1330. The predicted molar refractivity (Wildman–Crippen MR) is 141 cm³/mol. The fraction of sp³-hybridized carbons (Fsp3) is 0.280. The van der Waals surface area contributed by atoms with Crippen LogP contribution in [0.5, 0.6) is 5.75 Å². The maximum atomic E-state index is 13.5. The number of ether oxygens (including phenoxy) is 1. The normalized spacial score (nSPS) is 17.2. The minimum Gasteiger partial charge on any atom is -0.494 e. The van der Waals surface area contributed by atoms with Gasteiger partial charge >= 0.3 is 0 Å². The zero-order chi connectivity index (χ0) is 26.4. The first-order chi connectivity index (χ1) is 17.9. The van der Waals surface area contributed by atoms with Crippen molar-refractivity contribution >= 4 is 34.4 Å². The summed E-state index contributed by atoms with van der Waals surface area (Å²) in [5, 5.41) is 9.82. The highest BCUT2D eigenvalue weighted by Crippen LogP contribution is 2.37. The van der Waals surface area contributed by atoms with Gasteiger partial charge in [-0.25, -0.2) is 13.8 Å². The number of carbonyl (C=O) groups is 1. The highest BCUT2D eigenvalue weighted by molar-refractivity contribution is 8.14. The van der Waals surface area contributed by atoms with E-state index < -0.39 is 18.0 Å². The van der Waals surface area contributed by atoms with Crippen LogP contribution in [-0.2, 0) is 0 Å². The second-order valence-electron chi connectivity index (χ2n) is 8.06. The molecule has 1 atom stereocenters. The number of aliphatic imine (C=N–C) groups is 1. The lowest BCUT2D eigenvalue weighted by molar-refractivity contribution is 0.0978. The van der Waals surface area contributed by atoms with Crippen LogP contribution >= 0.6 is 11.8 Å². The zero-order valence-electron chi connectivity index (χ0n) is 20.1. The molecule has 5 N–H and O–H groups in total. The van der Waals surface area contributed by atoms with Crippen molar-refractivity contribution in [1.82, 2.24) is 21.0 Å². The Morgan fingerprint density at radius 2 is 2.14 bits per heavy atom. The first kappa shape index (κ1) is 26.0. The molecular weight excluding hydrogens is 500 g/mol. The number of amidine groups is 2. The molecule has 2 aliphatic rings. The lowest BCUT2D eigenvalue weighted by atomic mass is 9.97. The van der Waals surface area contributed by atoms with Crippen LogP contribution in [-0.4, -0.2) is 41.4 Å². The number of nitrogens with two attached hydrogens (primary N) is 1. The van der Waals surface area contributed by atoms with Crippen molar-refractivity contribution in [2.45, 2.75) is 24.6 Å². The van der Waals surface area contributed by atoms with Crippen LogP contribution in [0.3, 0.4) is 0 Å². The Morgan fingerprint density at radius 1 is 1.32 bits per heavy atom. The molecule has 1 aromatic carbocycles. The summed E-state index contributed by atoms with van der Waals surface area (Å²) in [4.78, 5) is 21.4. The second-order valence-corrected chi connectivity index (χ2v) is 9.15. The molecule has 1 fully saturated rings. The Morgan fingerprint density at radius 3 is 2.84 bits per heavy atom. The number of nitrogens with one attached hydrogen (secondary N) is 3. The number of hydrazone groups is 1. The topological polar surface area (TPSA) is 126 Å². The molecule has 1 aliphatic carbocycles. The van der Waals surface area contributed by atoms with Gasteiger partial charge in [-0.3, -0.25) is 20.5 Å². The molecule has 192 valence electrons. The van der Waals surface area contributed by atoms with Crippen molar-refractivity contribution in [3.63, 3.8) is 0 Å². The van der Waals surface area contributed by atoms with Crippen molar-refractivity contribution in [2.75, 3.05) is 14.2 Å². The van der Waals surface area contributed by atoms with E-state index in [1.807, 2.05) is 0 Å². The number of rotatable bonds is 7. The molecule has 4 rings (SSSR count). The molecule has 1 aromatic heterocycles. The molecule has 2 aromatic rings. The van der Waals surface area contributed by atoms with E-state index in [2.05, 4.69) is 43.0 Å². The minimum absolute atomic E-state index is 0.198. The standard InChI is InChI=1S/C25H25F2N7O2S/c1-29-10-9-21(28)31-15-6-7-16(17(11-15)18-12-19(23(26)27)30-13-20(18)36-2)24(35)32-25-34-33-22(37-25)8-5-14-3-4-14/h6-7,9-14,22-23,29,33H,3-4H2,1-2H3,(H2,28,31)(H,32,34,35)/b10-9-. The largest absolute Gasteiger partial charge is 0.494 e. The summed E-state index contributed by atoms with van der Waals surface area (Å²) >= 11 is 1.29. The Balaban J connectivity index is 1.68. The third-order valence-corrected chi connectivity index (χ3v) is 6.15. The van der Waals surface area contributed by atoms with E-state index >= 15 is 0 Å². The fourth-order valence-corrected chi connectivity index (χ4v) is 4.03. The Labute approximate surface area is 217 Å². The highest BCUT2D eigenvalue weighted by Gasteiger charge is 2.24. The first-order valence-electron chi connectivity index (χ1n) is 11.3. The highest BCUT2D eigenvalue weighted by atomic mass is 32.2. The van der Waals surface area contributed by atoms with Gasteiger partial charge in [0.2, 0.25) is 0 Å². The molecule has 0 bridgehead atoms. The molecule has 12 heteroatoms. The number of thioether (sulfide) groups is 1. The number of benzene rings is 1. The number of alkyl halides is 2. The number of nitrogens with zero attached hydrogens (tertiary/aromatic N) is 3. The number of halogens is 2. The van der Waals surface area contributed by atoms with E-state index in [1.165, 1.54) is 31.1 Å². The molecule has 9 nitrogen and oxygen atoms in total. The first-order valence-corrected chi connectivity index (χ1v) is 12.2. The van der Waals surface area contributed by atoms with Gasteiger partial charge in [-0.15, -0.1) is 0 Å². The van der Waals surface area contributed by atoms with Gasteiger partial charge in [-0.2, -0.15) is 5.10 Å².